The van der Waals surface area contributed by atoms with Gasteiger partial charge in [0.15, 0.2) is 11.5 Å². The standard InChI is InChI=1S/C15H17N3O2S/c1-2-16-15-9-17-11(8-18-15)10-21-12-3-4-13-14(7-12)20-6-5-19-13/h3-4,7-9H,2,5-6,10H2,1H3,(H,16,18). The van der Waals surface area contributed by atoms with Crippen LogP contribution in [0.25, 0.3) is 0 Å². The van der Waals surface area contributed by atoms with E-state index in [2.05, 4.69) is 15.3 Å². The van der Waals surface area contributed by atoms with Crippen LogP contribution in [0.5, 0.6) is 11.5 Å². The third kappa shape index (κ3) is 3.58. The van der Waals surface area contributed by atoms with Gasteiger partial charge in [-0.1, -0.05) is 0 Å². The lowest BCUT2D eigenvalue weighted by molar-refractivity contribution is 0.171. The van der Waals surface area contributed by atoms with Crippen molar-refractivity contribution in [1.29, 1.82) is 0 Å². The molecule has 110 valence electrons. The predicted molar refractivity (Wildman–Crippen MR) is 83.2 cm³/mol. The second-order valence-corrected chi connectivity index (χ2v) is 5.57. The smallest absolute Gasteiger partial charge is 0.162 e. The fraction of sp³-hybridized carbons (Fsp3) is 0.333. The van der Waals surface area contributed by atoms with Gasteiger partial charge >= 0.3 is 0 Å². The molecule has 6 heteroatoms. The summed E-state index contributed by atoms with van der Waals surface area (Å²) in [5.74, 6) is 3.23. The van der Waals surface area contributed by atoms with E-state index in [1.54, 1.807) is 18.0 Å². The molecule has 0 radical (unpaired) electrons. The molecule has 0 saturated heterocycles. The maximum Gasteiger partial charge on any atom is 0.162 e. The summed E-state index contributed by atoms with van der Waals surface area (Å²) in [6.45, 7) is 4.11. The molecule has 1 aromatic carbocycles. The Hall–Kier alpha value is -1.95. The number of nitrogens with zero attached hydrogens (tertiary/aromatic N) is 2. The molecule has 0 saturated carbocycles. The van der Waals surface area contributed by atoms with Gasteiger partial charge in [0.05, 0.1) is 18.1 Å². The molecule has 0 atom stereocenters. The average Bonchev–Trinajstić information content (AvgIpc) is 2.54. The summed E-state index contributed by atoms with van der Waals surface area (Å²) in [5.41, 5.74) is 0.955. The number of fused-ring (bicyclic) bond motifs is 1. The van der Waals surface area contributed by atoms with Crippen LogP contribution in [0.15, 0.2) is 35.5 Å². The van der Waals surface area contributed by atoms with E-state index in [1.807, 2.05) is 31.3 Å². The largest absolute Gasteiger partial charge is 0.486 e. The predicted octanol–water partition coefficient (Wildman–Crippen LogP) is 2.97. The van der Waals surface area contributed by atoms with Gasteiger partial charge in [-0.15, -0.1) is 11.8 Å². The zero-order valence-electron chi connectivity index (χ0n) is 11.8. The van der Waals surface area contributed by atoms with E-state index in [4.69, 9.17) is 9.47 Å². The van der Waals surface area contributed by atoms with Gasteiger partial charge < -0.3 is 14.8 Å². The molecular weight excluding hydrogens is 286 g/mol. The maximum atomic E-state index is 5.58. The Balaban J connectivity index is 1.61. The molecule has 0 amide bonds. The summed E-state index contributed by atoms with van der Waals surface area (Å²) in [6, 6.07) is 6.01. The molecule has 1 aromatic heterocycles. The number of nitrogens with one attached hydrogen (secondary N) is 1. The van der Waals surface area contributed by atoms with E-state index in [9.17, 15) is 0 Å². The van der Waals surface area contributed by atoms with E-state index in [0.717, 1.165) is 40.2 Å². The first-order valence-electron chi connectivity index (χ1n) is 6.92. The summed E-state index contributed by atoms with van der Waals surface area (Å²) in [6.07, 6.45) is 3.58. The van der Waals surface area contributed by atoms with Gasteiger partial charge in [-0.2, -0.15) is 0 Å². The number of ether oxygens (including phenoxy) is 2. The normalized spacial score (nSPS) is 13.0. The molecule has 0 fully saturated rings. The molecular formula is C15H17N3O2S. The highest BCUT2D eigenvalue weighted by Gasteiger charge is 2.11. The van der Waals surface area contributed by atoms with Crippen molar-refractivity contribution in [3.8, 4) is 11.5 Å². The number of thioether (sulfide) groups is 1. The molecule has 1 aliphatic heterocycles. The second-order valence-electron chi connectivity index (χ2n) is 4.52. The van der Waals surface area contributed by atoms with Gasteiger partial charge in [-0.3, -0.25) is 4.98 Å². The Morgan fingerprint density at radius 3 is 2.76 bits per heavy atom. The Morgan fingerprint density at radius 1 is 1.14 bits per heavy atom. The van der Waals surface area contributed by atoms with Crippen molar-refractivity contribution in [2.75, 3.05) is 25.1 Å². The molecule has 2 heterocycles. The summed E-state index contributed by atoms with van der Waals surface area (Å²) < 4.78 is 11.1. The van der Waals surface area contributed by atoms with E-state index >= 15 is 0 Å². The number of benzene rings is 1. The van der Waals surface area contributed by atoms with Crippen LogP contribution in [0.4, 0.5) is 5.82 Å². The Labute approximate surface area is 128 Å². The van der Waals surface area contributed by atoms with Crippen LogP contribution in [-0.4, -0.2) is 29.7 Å². The number of aromatic nitrogens is 2. The Morgan fingerprint density at radius 2 is 2.00 bits per heavy atom. The van der Waals surface area contributed by atoms with Gasteiger partial charge in [0.1, 0.15) is 19.0 Å². The zero-order chi connectivity index (χ0) is 14.5. The van der Waals surface area contributed by atoms with Crippen LogP contribution in [0.1, 0.15) is 12.6 Å². The lowest BCUT2D eigenvalue weighted by atomic mass is 10.3. The summed E-state index contributed by atoms with van der Waals surface area (Å²) in [7, 11) is 0. The Kier molecular flexibility index (Phi) is 4.45. The van der Waals surface area contributed by atoms with Crippen molar-refractivity contribution in [2.45, 2.75) is 17.6 Å². The fourth-order valence-electron chi connectivity index (χ4n) is 1.97. The fourth-order valence-corrected chi connectivity index (χ4v) is 2.79. The quantitative estimate of drug-likeness (QED) is 0.857. The van der Waals surface area contributed by atoms with Crippen LogP contribution >= 0.6 is 11.8 Å². The van der Waals surface area contributed by atoms with Crippen LogP contribution in [0, 0.1) is 0 Å². The van der Waals surface area contributed by atoms with Gasteiger partial charge in [0.2, 0.25) is 0 Å². The van der Waals surface area contributed by atoms with Crippen molar-refractivity contribution >= 4 is 17.6 Å². The minimum Gasteiger partial charge on any atom is -0.486 e. The molecule has 0 spiro atoms. The molecule has 2 aromatic rings. The minimum absolute atomic E-state index is 0.610. The van der Waals surface area contributed by atoms with Crippen molar-refractivity contribution in [3.63, 3.8) is 0 Å². The maximum absolute atomic E-state index is 5.58. The zero-order valence-corrected chi connectivity index (χ0v) is 12.7. The number of anilines is 1. The highest BCUT2D eigenvalue weighted by atomic mass is 32.2. The number of rotatable bonds is 5. The number of hydrogen-bond acceptors (Lipinski definition) is 6. The molecule has 5 nitrogen and oxygen atoms in total. The van der Waals surface area contributed by atoms with Crippen LogP contribution in [-0.2, 0) is 5.75 Å². The van der Waals surface area contributed by atoms with E-state index in [1.165, 1.54) is 0 Å². The molecule has 0 bridgehead atoms. The molecule has 21 heavy (non-hydrogen) atoms. The van der Waals surface area contributed by atoms with Crippen molar-refractivity contribution < 1.29 is 9.47 Å². The molecule has 3 rings (SSSR count). The first kappa shape index (κ1) is 14.0. The Bertz CT molecular complexity index is 604. The van der Waals surface area contributed by atoms with Crippen LogP contribution in [0.3, 0.4) is 0 Å². The highest BCUT2D eigenvalue weighted by Crippen LogP contribution is 2.34. The van der Waals surface area contributed by atoms with Gasteiger partial charge in [-0.05, 0) is 25.1 Å². The molecule has 1 aliphatic rings. The molecule has 0 unspecified atom stereocenters. The molecule has 1 N–H and O–H groups in total. The summed E-state index contributed by atoms with van der Waals surface area (Å²) in [5, 5.41) is 3.13. The van der Waals surface area contributed by atoms with E-state index in [0.29, 0.717) is 13.2 Å². The lowest BCUT2D eigenvalue weighted by Gasteiger charge is -2.18. The highest BCUT2D eigenvalue weighted by molar-refractivity contribution is 7.98. The van der Waals surface area contributed by atoms with E-state index in [-0.39, 0.29) is 0 Å². The van der Waals surface area contributed by atoms with Crippen LogP contribution < -0.4 is 14.8 Å². The van der Waals surface area contributed by atoms with Gasteiger partial charge in [-0.25, -0.2) is 4.98 Å². The molecule has 0 aliphatic carbocycles. The topological polar surface area (TPSA) is 56.3 Å². The lowest BCUT2D eigenvalue weighted by Crippen LogP contribution is -2.15. The van der Waals surface area contributed by atoms with Crippen molar-refractivity contribution in [3.05, 3.63) is 36.3 Å². The summed E-state index contributed by atoms with van der Waals surface area (Å²) >= 11 is 1.71. The third-order valence-electron chi connectivity index (χ3n) is 2.96. The first-order valence-corrected chi connectivity index (χ1v) is 7.91. The van der Waals surface area contributed by atoms with Gasteiger partial charge in [0.25, 0.3) is 0 Å². The monoisotopic (exact) mass is 303 g/mol. The van der Waals surface area contributed by atoms with Gasteiger partial charge in [0, 0.05) is 17.2 Å². The third-order valence-corrected chi connectivity index (χ3v) is 3.99. The van der Waals surface area contributed by atoms with Crippen LogP contribution in [0.2, 0.25) is 0 Å². The first-order chi connectivity index (χ1) is 10.3. The van der Waals surface area contributed by atoms with Crippen molar-refractivity contribution in [1.82, 2.24) is 9.97 Å². The summed E-state index contributed by atoms with van der Waals surface area (Å²) in [4.78, 5) is 9.85. The van der Waals surface area contributed by atoms with Crippen molar-refractivity contribution in [2.24, 2.45) is 0 Å². The SMILES string of the molecule is CCNc1cnc(CSc2ccc3c(c2)OCCO3)cn1. The average molecular weight is 303 g/mol. The second kappa shape index (κ2) is 6.67. The van der Waals surface area contributed by atoms with E-state index < -0.39 is 0 Å². The minimum atomic E-state index is 0.610. The number of hydrogen-bond donors (Lipinski definition) is 1.